The van der Waals surface area contributed by atoms with Gasteiger partial charge in [0.15, 0.2) is 28.8 Å². The van der Waals surface area contributed by atoms with Gasteiger partial charge < -0.3 is 38.3 Å². The van der Waals surface area contributed by atoms with Gasteiger partial charge in [0, 0.05) is 28.7 Å². The monoisotopic (exact) mass is 528 g/mol. The van der Waals surface area contributed by atoms with Crippen molar-refractivity contribution in [3.05, 3.63) is 76.9 Å². The third-order valence-corrected chi connectivity index (χ3v) is 5.95. The smallest absolute Gasteiger partial charge is 0.545 e. The molecular weight excluding hydrogens is 503 g/mol. The quantitative estimate of drug-likeness (QED) is 0.205. The third kappa shape index (κ3) is 5.75. The van der Waals surface area contributed by atoms with Crippen molar-refractivity contribution in [2.75, 3.05) is 35.2 Å². The first kappa shape index (κ1) is 28.9. The number of aliphatic carboxylic acids is 1. The fourth-order valence-corrected chi connectivity index (χ4v) is 4.16. The first-order valence-corrected chi connectivity index (χ1v) is 11.2. The Morgan fingerprint density at radius 2 is 1.45 bits per heavy atom. The summed E-state index contributed by atoms with van der Waals surface area (Å²) in [5.41, 5.74) is 0.720. The van der Waals surface area contributed by atoms with Gasteiger partial charge in [-0.05, 0) is 48.0 Å². The van der Waals surface area contributed by atoms with Gasteiger partial charge in [-0.25, -0.2) is 0 Å². The summed E-state index contributed by atoms with van der Waals surface area (Å²) in [7, 11) is 5.91. The molecule has 10 heteroatoms. The van der Waals surface area contributed by atoms with Crippen LogP contribution in [0.2, 0.25) is 0 Å². The van der Waals surface area contributed by atoms with Crippen molar-refractivity contribution in [2.24, 2.45) is 0 Å². The van der Waals surface area contributed by atoms with E-state index in [4.69, 9.17) is 28.4 Å². The average Bonchev–Trinajstić information content (AvgIpc) is 3.39. The molecule has 0 aromatic heterocycles. The molecule has 38 heavy (non-hydrogen) atoms. The van der Waals surface area contributed by atoms with Crippen molar-refractivity contribution in [2.45, 2.75) is 6.42 Å². The summed E-state index contributed by atoms with van der Waals surface area (Å²) in [5.74, 6) is 0.432. The molecule has 0 saturated carbocycles. The van der Waals surface area contributed by atoms with Gasteiger partial charge in [-0.1, -0.05) is 12.1 Å². The number of Topliss-reactive ketones (excluding diaryl/α,β-unsaturated/α-hetero) is 1. The number of fused-ring (bicyclic) bond motifs is 1. The zero-order chi connectivity index (χ0) is 26.5. The number of allylic oxidation sites excluding steroid dienone is 1. The van der Waals surface area contributed by atoms with E-state index in [0.29, 0.717) is 40.1 Å². The Morgan fingerprint density at radius 3 is 2.05 bits per heavy atom. The summed E-state index contributed by atoms with van der Waals surface area (Å²) in [6.45, 7) is 0.0175. The van der Waals surface area contributed by atoms with Crippen LogP contribution >= 0.6 is 0 Å². The van der Waals surface area contributed by atoms with E-state index in [1.165, 1.54) is 34.5 Å². The summed E-state index contributed by atoms with van der Waals surface area (Å²) in [4.78, 5) is 26.4. The molecular formula is C28H25NaO9. The largest absolute Gasteiger partial charge is 1.00 e. The van der Waals surface area contributed by atoms with Crippen LogP contribution in [0.15, 0.2) is 60.2 Å². The van der Waals surface area contributed by atoms with Gasteiger partial charge in [-0.15, -0.1) is 0 Å². The molecule has 192 valence electrons. The molecule has 1 heterocycles. The Bertz CT molecular complexity index is 1360. The molecule has 0 N–H and O–H groups in total. The van der Waals surface area contributed by atoms with Crippen LogP contribution in [0.4, 0.5) is 0 Å². The Labute approximate surface area is 242 Å². The van der Waals surface area contributed by atoms with Gasteiger partial charge in [0.25, 0.3) is 0 Å². The molecule has 0 radical (unpaired) electrons. The maximum Gasteiger partial charge on any atom is 1.00 e. The minimum atomic E-state index is -1.52. The predicted octanol–water partition coefficient (Wildman–Crippen LogP) is 0.0828. The minimum Gasteiger partial charge on any atom is -0.545 e. The summed E-state index contributed by atoms with van der Waals surface area (Å²) in [5, 5.41) is 12.6. The van der Waals surface area contributed by atoms with Gasteiger partial charge in [0.2, 0.25) is 12.5 Å². The van der Waals surface area contributed by atoms with Crippen molar-refractivity contribution >= 4 is 17.3 Å². The van der Waals surface area contributed by atoms with Crippen LogP contribution < -0.4 is 63.1 Å². The van der Waals surface area contributed by atoms with Crippen LogP contribution in [-0.4, -0.2) is 47.0 Å². The van der Waals surface area contributed by atoms with Crippen molar-refractivity contribution in [3.63, 3.8) is 0 Å². The molecule has 1 aliphatic heterocycles. The van der Waals surface area contributed by atoms with E-state index >= 15 is 0 Å². The fourth-order valence-electron chi connectivity index (χ4n) is 4.16. The number of hydrogen-bond donors (Lipinski definition) is 0. The Kier molecular flexibility index (Phi) is 9.68. The van der Waals surface area contributed by atoms with Crippen LogP contribution in [-0.2, 0) is 11.2 Å². The number of rotatable bonds is 10. The molecule has 3 aromatic carbocycles. The summed E-state index contributed by atoms with van der Waals surface area (Å²) in [6, 6.07) is 14.4. The average molecular weight is 528 g/mol. The summed E-state index contributed by atoms with van der Waals surface area (Å²) < 4.78 is 32.3. The van der Waals surface area contributed by atoms with E-state index in [9.17, 15) is 14.7 Å². The van der Waals surface area contributed by atoms with Crippen LogP contribution in [0, 0.1) is 0 Å². The molecule has 0 atom stereocenters. The maximum atomic E-state index is 13.8. The molecule has 0 amide bonds. The summed E-state index contributed by atoms with van der Waals surface area (Å²) in [6.07, 6.45) is -0.105. The molecule has 0 aliphatic carbocycles. The number of carbonyl (C=O) groups excluding carboxylic acids is 2. The Balaban J connectivity index is 0.00000400. The van der Waals surface area contributed by atoms with E-state index < -0.39 is 11.8 Å². The molecule has 1 aliphatic rings. The molecule has 0 saturated heterocycles. The van der Waals surface area contributed by atoms with E-state index in [1.807, 2.05) is 0 Å². The second-order valence-electron chi connectivity index (χ2n) is 7.94. The summed E-state index contributed by atoms with van der Waals surface area (Å²) >= 11 is 0. The number of ketones is 1. The standard InChI is InChI=1S/C28H26O9.Na/c1-32-19-9-5-16(6-10-19)25(29)20(13-18-8-12-22(33-2)27(35-4)26(18)34-3)24(28(30)31)17-7-11-21-23(14-17)37-15-36-21;/h5-12,14H,13,15H2,1-4H3,(H,30,31);/q;+1/p-1/b24-20-;. The van der Waals surface area contributed by atoms with Gasteiger partial charge in [0.1, 0.15) is 5.75 Å². The number of ether oxygens (including phenoxy) is 6. The van der Waals surface area contributed by atoms with Gasteiger partial charge in [-0.3, -0.25) is 4.79 Å². The van der Waals surface area contributed by atoms with Crippen LogP contribution in [0.1, 0.15) is 21.5 Å². The first-order chi connectivity index (χ1) is 17.9. The van der Waals surface area contributed by atoms with Crippen LogP contribution in [0.5, 0.6) is 34.5 Å². The van der Waals surface area contributed by atoms with E-state index in [1.54, 1.807) is 48.5 Å². The topological polar surface area (TPSA) is 113 Å². The maximum absolute atomic E-state index is 13.8. The van der Waals surface area contributed by atoms with Gasteiger partial charge in [0.05, 0.1) is 34.4 Å². The van der Waals surface area contributed by atoms with E-state index in [0.717, 1.165) is 0 Å². The zero-order valence-electron chi connectivity index (χ0n) is 21.8. The van der Waals surface area contributed by atoms with Crippen LogP contribution in [0.3, 0.4) is 0 Å². The zero-order valence-corrected chi connectivity index (χ0v) is 23.8. The molecule has 0 unspecified atom stereocenters. The number of hydrogen-bond acceptors (Lipinski definition) is 9. The SMILES string of the molecule is COc1ccc(C(=O)/C(Cc2ccc(OC)c(OC)c2OC)=C(\C(=O)[O-])c2ccc3c(c2)OCO3)cc1.[Na+]. The van der Waals surface area contributed by atoms with Gasteiger partial charge in [-0.2, -0.15) is 0 Å². The normalized spacial score (nSPS) is 12.1. The van der Waals surface area contributed by atoms with Gasteiger partial charge >= 0.3 is 29.6 Å². The van der Waals surface area contributed by atoms with Crippen molar-refractivity contribution in [3.8, 4) is 34.5 Å². The van der Waals surface area contributed by atoms with E-state index in [2.05, 4.69) is 0 Å². The third-order valence-electron chi connectivity index (χ3n) is 5.95. The van der Waals surface area contributed by atoms with Crippen molar-refractivity contribution in [1.82, 2.24) is 0 Å². The van der Waals surface area contributed by atoms with Crippen LogP contribution in [0.25, 0.3) is 5.57 Å². The predicted molar refractivity (Wildman–Crippen MR) is 132 cm³/mol. The number of methoxy groups -OCH3 is 4. The Morgan fingerprint density at radius 1 is 0.789 bits per heavy atom. The minimum absolute atomic E-state index is 0. The molecule has 0 fully saturated rings. The molecule has 0 bridgehead atoms. The molecule has 3 aromatic rings. The molecule has 0 spiro atoms. The number of carboxylic acid groups (broad SMARTS) is 1. The first-order valence-electron chi connectivity index (χ1n) is 11.2. The fraction of sp³-hybridized carbons (Fsp3) is 0.214. The number of benzene rings is 3. The molecule has 4 rings (SSSR count). The number of carboxylic acids is 1. The second-order valence-corrected chi connectivity index (χ2v) is 7.94. The van der Waals surface area contributed by atoms with Crippen molar-refractivity contribution < 1.29 is 72.7 Å². The second kappa shape index (κ2) is 12.7. The Hall–Kier alpha value is -3.66. The molecule has 9 nitrogen and oxygen atoms in total. The number of carbonyl (C=O) groups is 2. The van der Waals surface area contributed by atoms with Crippen molar-refractivity contribution in [1.29, 1.82) is 0 Å². The van der Waals surface area contributed by atoms with E-state index in [-0.39, 0.29) is 65.0 Å².